The van der Waals surface area contributed by atoms with Gasteiger partial charge < -0.3 is 4.74 Å². The zero-order valence-corrected chi connectivity index (χ0v) is 15.5. The molecule has 1 aliphatic rings. The van der Waals surface area contributed by atoms with E-state index in [1.54, 1.807) is 24.3 Å². The summed E-state index contributed by atoms with van der Waals surface area (Å²) in [4.78, 5) is 16.5. The molecule has 1 heterocycles. The summed E-state index contributed by atoms with van der Waals surface area (Å²) in [6.45, 7) is 0. The molecule has 0 amide bonds. The number of hydrogen-bond acceptors (Lipinski definition) is 3. The van der Waals surface area contributed by atoms with Crippen LogP contribution in [-0.4, -0.2) is 11.9 Å². The molecule has 3 aromatic rings. The number of hydrogen-bond donors (Lipinski definition) is 0. The fourth-order valence-electron chi connectivity index (χ4n) is 2.73. The molecule has 1 aliphatic heterocycles. The zero-order chi connectivity index (χ0) is 18.8. The molecule has 0 aromatic heterocycles. The molecule has 0 saturated carbocycles. The summed E-state index contributed by atoms with van der Waals surface area (Å²) in [5, 5.41) is 0.970. The first kappa shape index (κ1) is 17.5. The summed E-state index contributed by atoms with van der Waals surface area (Å²) >= 11 is 12.1. The van der Waals surface area contributed by atoms with Crippen molar-refractivity contribution < 1.29 is 9.53 Å². The molecular weight excluding hydrogens is 381 g/mol. The average Bonchev–Trinajstić information content (AvgIpc) is 3.05. The largest absolute Gasteiger partial charge is 0.402 e. The number of aliphatic imine (C=N–C) groups is 1. The van der Waals surface area contributed by atoms with Gasteiger partial charge in [0.25, 0.3) is 0 Å². The molecule has 132 valence electrons. The Morgan fingerprint density at radius 3 is 2.19 bits per heavy atom. The highest BCUT2D eigenvalue weighted by Gasteiger charge is 2.24. The normalized spacial score (nSPS) is 15.0. The Morgan fingerprint density at radius 2 is 1.48 bits per heavy atom. The topological polar surface area (TPSA) is 38.7 Å². The second kappa shape index (κ2) is 7.39. The molecule has 0 unspecified atom stereocenters. The van der Waals surface area contributed by atoms with Crippen molar-refractivity contribution in [3.05, 3.63) is 99.7 Å². The minimum absolute atomic E-state index is 0.196. The summed E-state index contributed by atoms with van der Waals surface area (Å²) in [5.41, 5.74) is 3.77. The van der Waals surface area contributed by atoms with Crippen molar-refractivity contribution in [2.24, 2.45) is 4.99 Å². The predicted octanol–water partition coefficient (Wildman–Crippen LogP) is 6.00. The van der Waals surface area contributed by atoms with Crippen LogP contribution in [0.3, 0.4) is 0 Å². The fraction of sp³-hybridized carbons (Fsp3) is 0. The summed E-state index contributed by atoms with van der Waals surface area (Å²) in [6.07, 6.45) is 1.59. The number of esters is 1. The number of carbonyl (C=O) groups is 1. The monoisotopic (exact) mass is 393 g/mol. The fourth-order valence-corrected chi connectivity index (χ4v) is 3.20. The first-order valence-corrected chi connectivity index (χ1v) is 8.99. The van der Waals surface area contributed by atoms with Crippen LogP contribution in [0.25, 0.3) is 17.2 Å². The van der Waals surface area contributed by atoms with E-state index in [4.69, 9.17) is 27.9 Å². The van der Waals surface area contributed by atoms with Gasteiger partial charge in [-0.2, -0.15) is 0 Å². The van der Waals surface area contributed by atoms with Gasteiger partial charge in [0.15, 0.2) is 5.70 Å². The van der Waals surface area contributed by atoms with E-state index < -0.39 is 5.97 Å². The van der Waals surface area contributed by atoms with Crippen LogP contribution in [0.5, 0.6) is 0 Å². The van der Waals surface area contributed by atoms with Crippen LogP contribution in [-0.2, 0) is 9.53 Å². The van der Waals surface area contributed by atoms with E-state index >= 15 is 0 Å². The first-order valence-electron chi connectivity index (χ1n) is 8.23. The highest BCUT2D eigenvalue weighted by Crippen LogP contribution is 2.26. The Kier molecular flexibility index (Phi) is 4.80. The molecule has 0 saturated heterocycles. The van der Waals surface area contributed by atoms with Gasteiger partial charge in [-0.15, -0.1) is 0 Å². The summed E-state index contributed by atoms with van der Waals surface area (Å²) < 4.78 is 5.32. The molecular formula is C22H13Cl2NO2. The van der Waals surface area contributed by atoms with Gasteiger partial charge in [0.1, 0.15) is 0 Å². The van der Waals surface area contributed by atoms with Crippen molar-refractivity contribution in [2.75, 3.05) is 0 Å². The van der Waals surface area contributed by atoms with Gasteiger partial charge in [-0.05, 0) is 47.0 Å². The van der Waals surface area contributed by atoms with Gasteiger partial charge in [-0.25, -0.2) is 9.79 Å². The third-order valence-corrected chi connectivity index (χ3v) is 4.68. The molecule has 3 aromatic carbocycles. The summed E-state index contributed by atoms with van der Waals surface area (Å²) in [5.74, 6) is -0.237. The molecule has 0 aliphatic carbocycles. The van der Waals surface area contributed by atoms with Crippen molar-refractivity contribution in [2.45, 2.75) is 0 Å². The number of halogens is 2. The molecule has 27 heavy (non-hydrogen) atoms. The smallest absolute Gasteiger partial charge is 0.363 e. The van der Waals surface area contributed by atoms with Gasteiger partial charge in [0.05, 0.1) is 0 Å². The van der Waals surface area contributed by atoms with Crippen molar-refractivity contribution in [3.8, 4) is 11.1 Å². The van der Waals surface area contributed by atoms with E-state index in [-0.39, 0.29) is 11.6 Å². The van der Waals surface area contributed by atoms with Gasteiger partial charge >= 0.3 is 5.97 Å². The Balaban J connectivity index is 1.62. The molecule has 0 radical (unpaired) electrons. The Morgan fingerprint density at radius 1 is 0.815 bits per heavy atom. The average molecular weight is 394 g/mol. The lowest BCUT2D eigenvalue weighted by Gasteiger charge is -2.03. The van der Waals surface area contributed by atoms with Crippen LogP contribution in [0.1, 0.15) is 11.1 Å². The highest BCUT2D eigenvalue weighted by atomic mass is 35.5. The molecule has 4 rings (SSSR count). The second-order valence-corrected chi connectivity index (χ2v) is 6.79. The zero-order valence-electron chi connectivity index (χ0n) is 14.0. The van der Waals surface area contributed by atoms with E-state index in [0.717, 1.165) is 16.7 Å². The molecule has 0 spiro atoms. The van der Waals surface area contributed by atoms with E-state index in [1.807, 2.05) is 54.6 Å². The van der Waals surface area contributed by atoms with Gasteiger partial charge in [0, 0.05) is 15.6 Å². The number of rotatable bonds is 3. The van der Waals surface area contributed by atoms with Crippen LogP contribution >= 0.6 is 23.2 Å². The van der Waals surface area contributed by atoms with Crippen molar-refractivity contribution in [1.29, 1.82) is 0 Å². The molecule has 3 nitrogen and oxygen atoms in total. The minimum atomic E-state index is -0.511. The third kappa shape index (κ3) is 3.80. The lowest BCUT2D eigenvalue weighted by Crippen LogP contribution is -2.05. The SMILES string of the molecule is O=C1OC(c2ccc(-c3ccccc3)cc2)=NC1=Cc1ccc(Cl)cc1Cl. The van der Waals surface area contributed by atoms with E-state index in [1.165, 1.54) is 0 Å². The number of nitrogens with zero attached hydrogens (tertiary/aromatic N) is 1. The number of benzene rings is 3. The maximum absolute atomic E-state index is 12.2. The molecule has 0 atom stereocenters. The molecule has 0 bridgehead atoms. The van der Waals surface area contributed by atoms with Crippen molar-refractivity contribution >= 4 is 41.1 Å². The highest BCUT2D eigenvalue weighted by molar-refractivity contribution is 6.35. The molecule has 0 fully saturated rings. The first-order chi connectivity index (χ1) is 13.1. The van der Waals surface area contributed by atoms with Crippen LogP contribution in [0, 0.1) is 0 Å². The van der Waals surface area contributed by atoms with Crippen LogP contribution in [0.15, 0.2) is 83.5 Å². The third-order valence-electron chi connectivity index (χ3n) is 4.11. The number of cyclic esters (lactones) is 1. The lowest BCUT2D eigenvalue weighted by molar-refractivity contribution is -0.129. The van der Waals surface area contributed by atoms with Crippen molar-refractivity contribution in [3.63, 3.8) is 0 Å². The summed E-state index contributed by atoms with van der Waals surface area (Å²) in [6, 6.07) is 22.8. The Bertz CT molecular complexity index is 1070. The van der Waals surface area contributed by atoms with Gasteiger partial charge in [-0.3, -0.25) is 0 Å². The maximum atomic E-state index is 12.2. The summed E-state index contributed by atoms with van der Waals surface area (Å²) in [7, 11) is 0. The van der Waals surface area contributed by atoms with Crippen LogP contribution < -0.4 is 0 Å². The number of carbonyl (C=O) groups excluding carboxylic acids is 1. The maximum Gasteiger partial charge on any atom is 0.363 e. The number of ether oxygens (including phenoxy) is 1. The van der Waals surface area contributed by atoms with Gasteiger partial charge in [0.2, 0.25) is 5.90 Å². The standard InChI is InChI=1S/C22H13Cl2NO2/c23-18-11-10-17(19(24)13-18)12-20-22(26)27-21(25-20)16-8-6-15(7-9-16)14-4-2-1-3-5-14/h1-13H. The second-order valence-electron chi connectivity index (χ2n) is 5.95. The molecule has 0 N–H and O–H groups in total. The Hall–Kier alpha value is -2.88. The molecule has 5 heteroatoms. The minimum Gasteiger partial charge on any atom is -0.402 e. The van der Waals surface area contributed by atoms with Gasteiger partial charge in [-0.1, -0.05) is 71.7 Å². The van der Waals surface area contributed by atoms with Crippen LogP contribution in [0.4, 0.5) is 0 Å². The van der Waals surface area contributed by atoms with E-state index in [2.05, 4.69) is 4.99 Å². The van der Waals surface area contributed by atoms with E-state index in [0.29, 0.717) is 15.6 Å². The van der Waals surface area contributed by atoms with Crippen molar-refractivity contribution in [1.82, 2.24) is 0 Å². The Labute approximate surface area is 166 Å². The quantitative estimate of drug-likeness (QED) is 0.403. The van der Waals surface area contributed by atoms with E-state index in [9.17, 15) is 4.79 Å². The lowest BCUT2D eigenvalue weighted by atomic mass is 10.0. The predicted molar refractivity (Wildman–Crippen MR) is 109 cm³/mol. The van der Waals surface area contributed by atoms with Crippen LogP contribution in [0.2, 0.25) is 10.0 Å².